The van der Waals surface area contributed by atoms with Gasteiger partial charge in [0.15, 0.2) is 0 Å². The van der Waals surface area contributed by atoms with Gasteiger partial charge in [-0.2, -0.15) is 9.40 Å². The number of rotatable bonds is 8. The Bertz CT molecular complexity index is 818. The highest BCUT2D eigenvalue weighted by atomic mass is 32.2. The Balaban J connectivity index is 2.16. The van der Waals surface area contributed by atoms with E-state index in [9.17, 15) is 17.6 Å². The minimum Gasteiger partial charge on any atom is -0.460 e. The van der Waals surface area contributed by atoms with E-state index < -0.39 is 26.7 Å². The van der Waals surface area contributed by atoms with Gasteiger partial charge >= 0.3 is 5.97 Å². The van der Waals surface area contributed by atoms with E-state index in [-0.39, 0.29) is 25.3 Å². The first-order valence-electron chi connectivity index (χ1n) is 7.84. The van der Waals surface area contributed by atoms with Gasteiger partial charge in [-0.1, -0.05) is 13.8 Å². The van der Waals surface area contributed by atoms with Crippen LogP contribution in [-0.4, -0.2) is 48.2 Å². The molecule has 0 saturated carbocycles. The Labute approximate surface area is 146 Å². The number of carbonyl (C=O) groups is 1. The Morgan fingerprint density at radius 1 is 1.32 bits per heavy atom. The summed E-state index contributed by atoms with van der Waals surface area (Å²) in [6, 6.07) is 4.92. The summed E-state index contributed by atoms with van der Waals surface area (Å²) >= 11 is 0. The molecule has 0 unspecified atom stereocenters. The molecule has 0 atom stereocenters. The Morgan fingerprint density at radius 3 is 2.64 bits per heavy atom. The monoisotopic (exact) mass is 369 g/mol. The molecule has 0 bridgehead atoms. The van der Waals surface area contributed by atoms with Gasteiger partial charge in [0, 0.05) is 25.5 Å². The van der Waals surface area contributed by atoms with E-state index in [4.69, 9.17) is 4.74 Å². The fourth-order valence-corrected chi connectivity index (χ4v) is 3.83. The molecular formula is C16H20FN3O4S. The molecule has 9 heteroatoms. The van der Waals surface area contributed by atoms with E-state index in [0.717, 1.165) is 16.4 Å². The molecular weight excluding hydrogens is 349 g/mol. The van der Waals surface area contributed by atoms with E-state index >= 15 is 0 Å². The Morgan fingerprint density at radius 2 is 2.04 bits per heavy atom. The first kappa shape index (κ1) is 19.1. The first-order valence-corrected chi connectivity index (χ1v) is 9.28. The van der Waals surface area contributed by atoms with Gasteiger partial charge in [-0.15, -0.1) is 0 Å². The van der Waals surface area contributed by atoms with Gasteiger partial charge in [0.25, 0.3) is 0 Å². The summed E-state index contributed by atoms with van der Waals surface area (Å²) in [5.74, 6) is -1.62. The molecule has 136 valence electrons. The van der Waals surface area contributed by atoms with Crippen LogP contribution in [0.5, 0.6) is 0 Å². The molecule has 0 amide bonds. The number of hydrogen-bond donors (Lipinski definition) is 0. The van der Waals surface area contributed by atoms with Crippen LogP contribution in [0.15, 0.2) is 41.6 Å². The van der Waals surface area contributed by atoms with Gasteiger partial charge in [0.1, 0.15) is 17.3 Å². The predicted molar refractivity (Wildman–Crippen MR) is 89.0 cm³/mol. The molecule has 0 fully saturated rings. The maximum atomic E-state index is 14.0. The third kappa shape index (κ3) is 4.43. The number of ether oxygens (including phenoxy) is 1. The lowest BCUT2D eigenvalue weighted by Gasteiger charge is -2.19. The van der Waals surface area contributed by atoms with Crippen LogP contribution in [0.3, 0.4) is 0 Å². The molecule has 0 N–H and O–H groups in total. The number of esters is 1. The summed E-state index contributed by atoms with van der Waals surface area (Å²) in [7, 11) is -4.01. The van der Waals surface area contributed by atoms with Crippen LogP contribution < -0.4 is 0 Å². The fourth-order valence-electron chi connectivity index (χ4n) is 2.28. The van der Waals surface area contributed by atoms with Crippen molar-refractivity contribution in [2.45, 2.75) is 25.3 Å². The number of halogens is 1. The second kappa shape index (κ2) is 8.21. The Hall–Kier alpha value is -2.26. The number of aromatic nitrogens is 2. The predicted octanol–water partition coefficient (Wildman–Crippen LogP) is 1.91. The second-order valence-corrected chi connectivity index (χ2v) is 7.05. The summed E-state index contributed by atoms with van der Waals surface area (Å²) < 4.78 is 46.8. The zero-order valence-corrected chi connectivity index (χ0v) is 14.9. The zero-order chi connectivity index (χ0) is 18.4. The number of sulfonamides is 1. The van der Waals surface area contributed by atoms with E-state index in [2.05, 4.69) is 5.10 Å². The molecule has 1 heterocycles. The fraction of sp³-hybridized carbons (Fsp3) is 0.375. The van der Waals surface area contributed by atoms with E-state index in [1.165, 1.54) is 6.07 Å². The van der Waals surface area contributed by atoms with Gasteiger partial charge < -0.3 is 4.74 Å². The van der Waals surface area contributed by atoms with Crippen LogP contribution >= 0.6 is 0 Å². The minimum atomic E-state index is -4.01. The summed E-state index contributed by atoms with van der Waals surface area (Å²) in [6.07, 6.45) is 3.33. The van der Waals surface area contributed by atoms with E-state index in [0.29, 0.717) is 6.54 Å². The molecule has 0 spiro atoms. The maximum Gasteiger partial charge on any atom is 0.338 e. The lowest BCUT2D eigenvalue weighted by Crippen LogP contribution is -2.31. The smallest absolute Gasteiger partial charge is 0.338 e. The summed E-state index contributed by atoms with van der Waals surface area (Å²) in [4.78, 5) is 11.6. The number of carbonyl (C=O) groups excluding carboxylic acids is 1. The van der Waals surface area contributed by atoms with Crippen LogP contribution in [0, 0.1) is 5.82 Å². The standard InChI is InChI=1S/C16H20FN3O4S/c1-3-20(4-2)25(22,23)15-12-13(6-7-14(15)17)16(21)24-11-10-19-9-5-8-18-19/h5-9,12H,3-4,10-11H2,1-2H3. The number of nitrogens with zero attached hydrogens (tertiary/aromatic N) is 3. The first-order chi connectivity index (χ1) is 11.9. The topological polar surface area (TPSA) is 81.5 Å². The zero-order valence-electron chi connectivity index (χ0n) is 14.1. The van der Waals surface area contributed by atoms with Crippen LogP contribution in [-0.2, 0) is 21.3 Å². The molecule has 7 nitrogen and oxygen atoms in total. The van der Waals surface area contributed by atoms with Crippen molar-refractivity contribution >= 4 is 16.0 Å². The molecule has 0 saturated heterocycles. The summed E-state index contributed by atoms with van der Waals surface area (Å²) in [5.41, 5.74) is -0.0207. The number of benzene rings is 1. The van der Waals surface area contributed by atoms with Gasteiger partial charge in [-0.25, -0.2) is 17.6 Å². The van der Waals surface area contributed by atoms with Crippen molar-refractivity contribution in [3.8, 4) is 0 Å². The second-order valence-electron chi connectivity index (χ2n) is 5.14. The molecule has 2 aromatic rings. The summed E-state index contributed by atoms with van der Waals surface area (Å²) in [5, 5.41) is 3.97. The quantitative estimate of drug-likeness (QED) is 0.664. The van der Waals surface area contributed by atoms with Gasteiger partial charge in [0.05, 0.1) is 12.1 Å². The van der Waals surface area contributed by atoms with Crippen LogP contribution in [0.4, 0.5) is 4.39 Å². The van der Waals surface area contributed by atoms with Crippen LogP contribution in [0.1, 0.15) is 24.2 Å². The van der Waals surface area contributed by atoms with Crippen molar-refractivity contribution in [3.63, 3.8) is 0 Å². The normalized spacial score (nSPS) is 11.7. The third-order valence-electron chi connectivity index (χ3n) is 3.60. The lowest BCUT2D eigenvalue weighted by molar-refractivity contribution is 0.0487. The third-order valence-corrected chi connectivity index (χ3v) is 5.67. The summed E-state index contributed by atoms with van der Waals surface area (Å²) in [6.45, 7) is 4.16. The lowest BCUT2D eigenvalue weighted by atomic mass is 10.2. The van der Waals surface area contributed by atoms with Crippen molar-refractivity contribution in [1.29, 1.82) is 0 Å². The van der Waals surface area contributed by atoms with Crippen molar-refractivity contribution in [2.75, 3.05) is 19.7 Å². The van der Waals surface area contributed by atoms with E-state index in [1.54, 1.807) is 37.0 Å². The average molecular weight is 369 g/mol. The minimum absolute atomic E-state index is 0.0207. The van der Waals surface area contributed by atoms with Crippen molar-refractivity contribution < 1.29 is 22.3 Å². The maximum absolute atomic E-state index is 14.0. The van der Waals surface area contributed by atoms with Gasteiger partial charge in [-0.3, -0.25) is 4.68 Å². The SMILES string of the molecule is CCN(CC)S(=O)(=O)c1cc(C(=O)OCCn2cccn2)ccc1F. The molecule has 25 heavy (non-hydrogen) atoms. The van der Waals surface area contributed by atoms with Crippen molar-refractivity contribution in [1.82, 2.24) is 14.1 Å². The highest BCUT2D eigenvalue weighted by molar-refractivity contribution is 7.89. The van der Waals surface area contributed by atoms with Gasteiger partial charge in [0.2, 0.25) is 10.0 Å². The van der Waals surface area contributed by atoms with Crippen LogP contribution in [0.25, 0.3) is 0 Å². The molecule has 2 rings (SSSR count). The average Bonchev–Trinajstić information content (AvgIpc) is 3.09. The van der Waals surface area contributed by atoms with Crippen LogP contribution in [0.2, 0.25) is 0 Å². The Kier molecular flexibility index (Phi) is 6.27. The molecule has 0 aliphatic carbocycles. The highest BCUT2D eigenvalue weighted by Gasteiger charge is 2.26. The molecule has 0 aliphatic heterocycles. The largest absolute Gasteiger partial charge is 0.460 e. The molecule has 0 aliphatic rings. The molecule has 1 aromatic carbocycles. The molecule has 1 aromatic heterocycles. The highest BCUT2D eigenvalue weighted by Crippen LogP contribution is 2.21. The van der Waals surface area contributed by atoms with E-state index in [1.807, 2.05) is 0 Å². The van der Waals surface area contributed by atoms with Crippen molar-refractivity contribution in [3.05, 3.63) is 48.0 Å². The number of hydrogen-bond acceptors (Lipinski definition) is 5. The molecule has 0 radical (unpaired) electrons. The van der Waals surface area contributed by atoms with Crippen molar-refractivity contribution in [2.24, 2.45) is 0 Å². The van der Waals surface area contributed by atoms with Gasteiger partial charge in [-0.05, 0) is 24.3 Å².